The number of amides is 1. The lowest BCUT2D eigenvalue weighted by molar-refractivity contribution is -0.139. The fourth-order valence-electron chi connectivity index (χ4n) is 4.41. The van der Waals surface area contributed by atoms with Gasteiger partial charge in [-0.3, -0.25) is 19.6 Å². The van der Waals surface area contributed by atoms with Gasteiger partial charge < -0.3 is 4.90 Å². The van der Waals surface area contributed by atoms with Crippen molar-refractivity contribution in [3.8, 4) is 6.07 Å². The van der Waals surface area contributed by atoms with Crippen molar-refractivity contribution in [3.63, 3.8) is 0 Å². The molecule has 2 aromatic rings. The first-order chi connectivity index (χ1) is 14.7. The predicted octanol–water partition coefficient (Wildman–Crippen LogP) is 2.51. The average Bonchev–Trinajstić information content (AvgIpc) is 2.81. The lowest BCUT2D eigenvalue weighted by Gasteiger charge is -2.38. The van der Waals surface area contributed by atoms with Gasteiger partial charge in [0.05, 0.1) is 11.6 Å². The Morgan fingerprint density at radius 2 is 1.43 bits per heavy atom. The maximum absolute atomic E-state index is 13.0. The van der Waals surface area contributed by atoms with E-state index >= 15 is 0 Å². The van der Waals surface area contributed by atoms with Gasteiger partial charge in [0, 0.05) is 57.6 Å². The van der Waals surface area contributed by atoms with Crippen LogP contribution in [0.4, 0.5) is 0 Å². The van der Waals surface area contributed by atoms with Crippen LogP contribution < -0.4 is 0 Å². The number of nitriles is 1. The number of nitrogens with zero attached hydrogens (tertiary/aromatic N) is 5. The number of hydrogen-bond acceptors (Lipinski definition) is 5. The molecule has 1 aromatic carbocycles. The molecule has 0 radical (unpaired) electrons. The number of likely N-dealkylation sites (tertiary alicyclic amines) is 1. The molecule has 6 nitrogen and oxygen atoms in total. The Labute approximate surface area is 178 Å². The SMILES string of the molecule is N#Cc1ccc(CN2CCN(C(=O)C3CCN(Cc4ccncc4)CC3)CC2)cc1. The standard InChI is InChI=1S/C24H29N5O/c25-17-20-1-3-21(4-2-20)18-28-13-15-29(16-14-28)24(30)23-7-11-27(12-8-23)19-22-5-9-26-10-6-22/h1-6,9-10,23H,7-8,11-16,18-19H2. The second kappa shape index (κ2) is 9.84. The third-order valence-electron chi connectivity index (χ3n) is 6.27. The van der Waals surface area contributed by atoms with E-state index in [-0.39, 0.29) is 5.92 Å². The Bertz CT molecular complexity index is 861. The number of piperidine rings is 1. The number of aromatic nitrogens is 1. The smallest absolute Gasteiger partial charge is 0.225 e. The average molecular weight is 404 g/mol. The zero-order valence-corrected chi connectivity index (χ0v) is 17.4. The molecule has 0 spiro atoms. The van der Waals surface area contributed by atoms with E-state index in [0.29, 0.717) is 11.5 Å². The molecule has 3 heterocycles. The highest BCUT2D eigenvalue weighted by molar-refractivity contribution is 5.79. The van der Waals surface area contributed by atoms with Gasteiger partial charge in [0.2, 0.25) is 5.91 Å². The van der Waals surface area contributed by atoms with Crippen LogP contribution in [0.5, 0.6) is 0 Å². The van der Waals surface area contributed by atoms with Crippen molar-refractivity contribution >= 4 is 5.91 Å². The Morgan fingerprint density at radius 1 is 0.867 bits per heavy atom. The highest BCUT2D eigenvalue weighted by atomic mass is 16.2. The number of rotatable bonds is 5. The summed E-state index contributed by atoms with van der Waals surface area (Å²) in [6.07, 6.45) is 5.59. The van der Waals surface area contributed by atoms with Crippen LogP contribution in [0.3, 0.4) is 0 Å². The first-order valence-corrected chi connectivity index (χ1v) is 10.8. The molecule has 0 unspecified atom stereocenters. The van der Waals surface area contributed by atoms with E-state index < -0.39 is 0 Å². The first kappa shape index (κ1) is 20.5. The predicted molar refractivity (Wildman–Crippen MR) is 115 cm³/mol. The molecule has 1 amide bonds. The Morgan fingerprint density at radius 3 is 2.03 bits per heavy atom. The van der Waals surface area contributed by atoms with E-state index in [1.807, 2.05) is 36.7 Å². The van der Waals surface area contributed by atoms with Crippen molar-refractivity contribution in [2.45, 2.75) is 25.9 Å². The molecule has 2 aliphatic rings. The summed E-state index contributed by atoms with van der Waals surface area (Å²) in [5.41, 5.74) is 3.20. The van der Waals surface area contributed by atoms with Crippen LogP contribution in [-0.2, 0) is 17.9 Å². The van der Waals surface area contributed by atoms with Gasteiger partial charge in [0.1, 0.15) is 0 Å². The van der Waals surface area contributed by atoms with Crippen LogP contribution in [0.2, 0.25) is 0 Å². The number of hydrogen-bond donors (Lipinski definition) is 0. The molecule has 0 atom stereocenters. The molecule has 30 heavy (non-hydrogen) atoms. The maximum Gasteiger partial charge on any atom is 0.225 e. The fourth-order valence-corrected chi connectivity index (χ4v) is 4.41. The van der Waals surface area contributed by atoms with E-state index in [2.05, 4.69) is 37.9 Å². The van der Waals surface area contributed by atoms with Crippen LogP contribution in [0, 0.1) is 17.2 Å². The minimum atomic E-state index is 0.170. The largest absolute Gasteiger partial charge is 0.340 e. The minimum Gasteiger partial charge on any atom is -0.340 e. The second-order valence-electron chi connectivity index (χ2n) is 8.32. The Kier molecular flexibility index (Phi) is 6.73. The summed E-state index contributed by atoms with van der Waals surface area (Å²) >= 11 is 0. The minimum absolute atomic E-state index is 0.170. The van der Waals surface area contributed by atoms with Crippen molar-refractivity contribution in [1.82, 2.24) is 19.7 Å². The third-order valence-corrected chi connectivity index (χ3v) is 6.27. The molecule has 0 aliphatic carbocycles. The van der Waals surface area contributed by atoms with Crippen molar-refractivity contribution in [3.05, 3.63) is 65.5 Å². The molecule has 2 fully saturated rings. The molecule has 6 heteroatoms. The summed E-state index contributed by atoms with van der Waals surface area (Å²) in [5.74, 6) is 0.514. The van der Waals surface area contributed by atoms with Gasteiger partial charge in [-0.25, -0.2) is 0 Å². The number of pyridine rings is 1. The summed E-state index contributed by atoms with van der Waals surface area (Å²) in [6, 6.07) is 14.1. The normalized spacial score (nSPS) is 18.8. The monoisotopic (exact) mass is 403 g/mol. The molecule has 0 bridgehead atoms. The third kappa shape index (κ3) is 5.24. The lowest BCUT2D eigenvalue weighted by atomic mass is 9.94. The molecule has 0 saturated carbocycles. The molecule has 4 rings (SSSR count). The first-order valence-electron chi connectivity index (χ1n) is 10.8. The molecule has 2 saturated heterocycles. The van der Waals surface area contributed by atoms with E-state index in [4.69, 9.17) is 5.26 Å². The summed E-state index contributed by atoms with van der Waals surface area (Å²) in [6.45, 7) is 7.23. The second-order valence-corrected chi connectivity index (χ2v) is 8.32. The number of carbonyl (C=O) groups excluding carboxylic acids is 1. The highest BCUT2D eigenvalue weighted by Gasteiger charge is 2.30. The van der Waals surface area contributed by atoms with Gasteiger partial charge in [-0.2, -0.15) is 5.26 Å². The van der Waals surface area contributed by atoms with E-state index in [1.165, 1.54) is 11.1 Å². The number of piperazine rings is 1. The summed E-state index contributed by atoms with van der Waals surface area (Å²) in [4.78, 5) is 24.0. The summed E-state index contributed by atoms with van der Waals surface area (Å²) < 4.78 is 0. The highest BCUT2D eigenvalue weighted by Crippen LogP contribution is 2.22. The quantitative estimate of drug-likeness (QED) is 0.768. The Hall–Kier alpha value is -2.75. The van der Waals surface area contributed by atoms with Gasteiger partial charge >= 0.3 is 0 Å². The van der Waals surface area contributed by atoms with Crippen molar-refractivity contribution in [2.75, 3.05) is 39.3 Å². The van der Waals surface area contributed by atoms with Gasteiger partial charge in [-0.05, 0) is 61.3 Å². The van der Waals surface area contributed by atoms with Gasteiger partial charge in [0.15, 0.2) is 0 Å². The van der Waals surface area contributed by atoms with Crippen molar-refractivity contribution in [2.24, 2.45) is 5.92 Å². The van der Waals surface area contributed by atoms with E-state index in [1.54, 1.807) is 0 Å². The maximum atomic E-state index is 13.0. The molecular weight excluding hydrogens is 374 g/mol. The Balaban J connectivity index is 1.20. The topological polar surface area (TPSA) is 63.5 Å². The lowest BCUT2D eigenvalue weighted by Crippen LogP contribution is -2.51. The van der Waals surface area contributed by atoms with Crippen LogP contribution in [-0.4, -0.2) is 64.9 Å². The van der Waals surface area contributed by atoms with Crippen LogP contribution in [0.25, 0.3) is 0 Å². The van der Waals surface area contributed by atoms with Crippen LogP contribution in [0.15, 0.2) is 48.8 Å². The fraction of sp³-hybridized carbons (Fsp3) is 0.458. The van der Waals surface area contributed by atoms with Gasteiger partial charge in [-0.15, -0.1) is 0 Å². The van der Waals surface area contributed by atoms with Gasteiger partial charge in [0.25, 0.3) is 0 Å². The number of benzene rings is 1. The van der Waals surface area contributed by atoms with Crippen molar-refractivity contribution in [1.29, 1.82) is 5.26 Å². The number of carbonyl (C=O) groups is 1. The molecular formula is C24H29N5O. The van der Waals surface area contributed by atoms with E-state index in [0.717, 1.165) is 65.2 Å². The van der Waals surface area contributed by atoms with Crippen molar-refractivity contribution < 1.29 is 4.79 Å². The van der Waals surface area contributed by atoms with E-state index in [9.17, 15) is 4.79 Å². The summed E-state index contributed by atoms with van der Waals surface area (Å²) in [5, 5.41) is 8.92. The van der Waals surface area contributed by atoms with Crippen LogP contribution >= 0.6 is 0 Å². The zero-order chi connectivity index (χ0) is 20.8. The van der Waals surface area contributed by atoms with Gasteiger partial charge in [-0.1, -0.05) is 12.1 Å². The summed E-state index contributed by atoms with van der Waals surface area (Å²) in [7, 11) is 0. The molecule has 0 N–H and O–H groups in total. The molecule has 2 aliphatic heterocycles. The molecule has 1 aromatic heterocycles. The zero-order valence-electron chi connectivity index (χ0n) is 17.4. The molecule has 156 valence electrons. The van der Waals surface area contributed by atoms with Crippen LogP contribution in [0.1, 0.15) is 29.5 Å².